The molecule has 1 fully saturated rings. The van der Waals surface area contributed by atoms with Crippen molar-refractivity contribution in [1.29, 1.82) is 0 Å². The number of nitrogens with zero attached hydrogens (tertiary/aromatic N) is 1. The van der Waals surface area contributed by atoms with Gasteiger partial charge in [-0.25, -0.2) is 0 Å². The molecule has 1 aliphatic rings. The van der Waals surface area contributed by atoms with Gasteiger partial charge in [-0.1, -0.05) is 6.92 Å². The number of likely N-dealkylation sites (N-methyl/N-ethyl adjacent to an activating group) is 1. The molecule has 0 aromatic rings. The molecule has 1 unspecified atom stereocenters. The van der Waals surface area contributed by atoms with Gasteiger partial charge in [-0.15, -0.1) is 0 Å². The molecule has 0 spiro atoms. The van der Waals surface area contributed by atoms with E-state index in [2.05, 4.69) is 19.3 Å². The number of ether oxygens (including phenoxy) is 1. The van der Waals surface area contributed by atoms with Gasteiger partial charge >= 0.3 is 0 Å². The van der Waals surface area contributed by atoms with E-state index in [9.17, 15) is 0 Å². The Bertz CT molecular complexity index is 91.6. The Morgan fingerprint density at radius 1 is 1.80 bits per heavy atom. The first-order valence-electron chi connectivity index (χ1n) is 3.74. The van der Waals surface area contributed by atoms with Crippen LogP contribution in [0.1, 0.15) is 6.92 Å². The van der Waals surface area contributed by atoms with Crippen LogP contribution in [0.4, 0.5) is 0 Å². The minimum atomic E-state index is 0.179. The third-order valence-corrected chi connectivity index (χ3v) is 1.72. The molecule has 0 saturated carbocycles. The zero-order valence-electron chi connectivity index (χ0n) is 6.47. The SMILES string of the molecule is [CH2]N(CC)C1CNCCO1. The second kappa shape index (κ2) is 3.91. The number of morpholine rings is 1. The summed E-state index contributed by atoms with van der Waals surface area (Å²) in [4.78, 5) is 1.95. The number of rotatable bonds is 2. The summed E-state index contributed by atoms with van der Waals surface area (Å²) in [5.41, 5.74) is 0. The molecule has 1 rings (SSSR count). The molecule has 1 heterocycles. The molecule has 0 bridgehead atoms. The van der Waals surface area contributed by atoms with Gasteiger partial charge in [0.25, 0.3) is 0 Å². The van der Waals surface area contributed by atoms with Crippen LogP contribution in [0.5, 0.6) is 0 Å². The average molecular weight is 143 g/mol. The van der Waals surface area contributed by atoms with E-state index in [1.54, 1.807) is 0 Å². The summed E-state index contributed by atoms with van der Waals surface area (Å²) in [7, 11) is 3.85. The fraction of sp³-hybridized carbons (Fsp3) is 0.857. The van der Waals surface area contributed by atoms with Crippen LogP contribution in [0.3, 0.4) is 0 Å². The average Bonchev–Trinajstić information content (AvgIpc) is 2.05. The van der Waals surface area contributed by atoms with Crippen LogP contribution < -0.4 is 5.32 Å². The number of nitrogens with one attached hydrogen (secondary N) is 1. The second-order valence-electron chi connectivity index (χ2n) is 2.43. The summed E-state index contributed by atoms with van der Waals surface area (Å²) in [6.45, 7) is 5.68. The first-order chi connectivity index (χ1) is 4.84. The monoisotopic (exact) mass is 143 g/mol. The van der Waals surface area contributed by atoms with Gasteiger partial charge < -0.3 is 10.1 Å². The molecule has 0 aliphatic carbocycles. The lowest BCUT2D eigenvalue weighted by atomic mass is 10.4. The lowest BCUT2D eigenvalue weighted by molar-refractivity contribution is -0.0539. The third-order valence-electron chi connectivity index (χ3n) is 1.72. The predicted molar refractivity (Wildman–Crippen MR) is 40.3 cm³/mol. The molecule has 1 N–H and O–H groups in total. The quantitative estimate of drug-likeness (QED) is 0.591. The maximum absolute atomic E-state index is 5.43. The normalized spacial score (nSPS) is 27.3. The van der Waals surface area contributed by atoms with E-state index in [0.717, 1.165) is 26.2 Å². The van der Waals surface area contributed by atoms with E-state index in [0.29, 0.717) is 0 Å². The van der Waals surface area contributed by atoms with Crippen molar-refractivity contribution < 1.29 is 4.74 Å². The standard InChI is InChI=1S/C7H15N2O/c1-3-9(2)7-6-8-4-5-10-7/h7-8H,2-6H2,1H3. The minimum Gasteiger partial charge on any atom is -0.360 e. The Hall–Kier alpha value is -0.120. The van der Waals surface area contributed by atoms with Crippen LogP contribution in [0, 0.1) is 7.05 Å². The van der Waals surface area contributed by atoms with Gasteiger partial charge in [-0.05, 0) is 6.54 Å². The van der Waals surface area contributed by atoms with Gasteiger partial charge in [0.15, 0.2) is 0 Å². The zero-order valence-corrected chi connectivity index (χ0v) is 6.47. The fourth-order valence-electron chi connectivity index (χ4n) is 0.990. The molecule has 0 aromatic carbocycles. The van der Waals surface area contributed by atoms with Crippen molar-refractivity contribution >= 4 is 0 Å². The smallest absolute Gasteiger partial charge is 0.123 e. The van der Waals surface area contributed by atoms with Crippen LogP contribution in [0.15, 0.2) is 0 Å². The van der Waals surface area contributed by atoms with Crippen LogP contribution >= 0.6 is 0 Å². The lowest BCUT2D eigenvalue weighted by Gasteiger charge is -2.30. The highest BCUT2D eigenvalue weighted by Gasteiger charge is 2.15. The molecule has 1 aliphatic heterocycles. The van der Waals surface area contributed by atoms with Crippen LogP contribution in [0.25, 0.3) is 0 Å². The molecular weight excluding hydrogens is 128 g/mol. The van der Waals surface area contributed by atoms with Crippen molar-refractivity contribution in [3.8, 4) is 0 Å². The Labute approximate surface area is 62.3 Å². The van der Waals surface area contributed by atoms with Crippen molar-refractivity contribution in [2.75, 3.05) is 26.2 Å². The summed E-state index contributed by atoms with van der Waals surface area (Å²) in [5.74, 6) is 0. The highest BCUT2D eigenvalue weighted by molar-refractivity contribution is 4.67. The van der Waals surface area contributed by atoms with Crippen molar-refractivity contribution in [1.82, 2.24) is 10.2 Å². The summed E-state index contributed by atoms with van der Waals surface area (Å²) in [5, 5.41) is 3.24. The molecule has 1 radical (unpaired) electrons. The Morgan fingerprint density at radius 2 is 2.60 bits per heavy atom. The Morgan fingerprint density at radius 3 is 3.10 bits per heavy atom. The van der Waals surface area contributed by atoms with Crippen molar-refractivity contribution in [3.05, 3.63) is 7.05 Å². The Kier molecular flexibility index (Phi) is 3.12. The summed E-state index contributed by atoms with van der Waals surface area (Å²) in [6, 6.07) is 0. The highest BCUT2D eigenvalue weighted by Crippen LogP contribution is 2.00. The minimum absolute atomic E-state index is 0.179. The summed E-state index contributed by atoms with van der Waals surface area (Å²) in [6.07, 6.45) is 0.179. The topological polar surface area (TPSA) is 24.5 Å². The predicted octanol–water partition coefficient (Wildman–Crippen LogP) is 0.0458. The van der Waals surface area contributed by atoms with Gasteiger partial charge in [0, 0.05) is 20.1 Å². The van der Waals surface area contributed by atoms with Gasteiger partial charge in [0.1, 0.15) is 6.23 Å². The van der Waals surface area contributed by atoms with Crippen LogP contribution in [0.2, 0.25) is 0 Å². The zero-order chi connectivity index (χ0) is 7.40. The second-order valence-corrected chi connectivity index (χ2v) is 2.43. The molecule has 3 heteroatoms. The van der Waals surface area contributed by atoms with Crippen LogP contribution in [-0.4, -0.2) is 37.4 Å². The van der Waals surface area contributed by atoms with Gasteiger partial charge in [-0.3, -0.25) is 4.90 Å². The largest absolute Gasteiger partial charge is 0.360 e. The van der Waals surface area contributed by atoms with Crippen molar-refractivity contribution in [2.24, 2.45) is 0 Å². The Balaban J connectivity index is 2.24. The van der Waals surface area contributed by atoms with E-state index < -0.39 is 0 Å². The third kappa shape index (κ3) is 1.94. The van der Waals surface area contributed by atoms with Gasteiger partial charge in [-0.2, -0.15) is 0 Å². The maximum atomic E-state index is 5.43. The first kappa shape index (κ1) is 7.98. The molecule has 1 atom stereocenters. The first-order valence-corrected chi connectivity index (χ1v) is 3.74. The van der Waals surface area contributed by atoms with Crippen molar-refractivity contribution in [2.45, 2.75) is 13.2 Å². The van der Waals surface area contributed by atoms with E-state index in [1.165, 1.54) is 0 Å². The van der Waals surface area contributed by atoms with E-state index in [1.807, 2.05) is 4.90 Å². The number of hydrogen-bond acceptors (Lipinski definition) is 3. The summed E-state index contributed by atoms with van der Waals surface area (Å²) < 4.78 is 5.43. The highest BCUT2D eigenvalue weighted by atomic mass is 16.5. The lowest BCUT2D eigenvalue weighted by Crippen LogP contribution is -2.46. The molecule has 0 amide bonds. The molecule has 3 nitrogen and oxygen atoms in total. The van der Waals surface area contributed by atoms with Crippen LogP contribution in [-0.2, 0) is 4.74 Å². The van der Waals surface area contributed by atoms with E-state index in [4.69, 9.17) is 4.74 Å². The van der Waals surface area contributed by atoms with Crippen molar-refractivity contribution in [3.63, 3.8) is 0 Å². The molecular formula is C7H15N2O. The summed E-state index contributed by atoms with van der Waals surface area (Å²) >= 11 is 0. The molecule has 1 saturated heterocycles. The molecule has 0 aromatic heterocycles. The molecule has 10 heavy (non-hydrogen) atoms. The molecule has 59 valence electrons. The fourth-order valence-corrected chi connectivity index (χ4v) is 0.990. The van der Waals surface area contributed by atoms with Gasteiger partial charge in [0.2, 0.25) is 0 Å². The van der Waals surface area contributed by atoms with Gasteiger partial charge in [0.05, 0.1) is 6.61 Å². The van der Waals surface area contributed by atoms with E-state index >= 15 is 0 Å². The number of hydrogen-bond donors (Lipinski definition) is 1. The van der Waals surface area contributed by atoms with E-state index in [-0.39, 0.29) is 6.23 Å². The maximum Gasteiger partial charge on any atom is 0.123 e.